The number of hydrogen-bond acceptors (Lipinski definition) is 5. The number of aryl methyl sites for hydroxylation is 1. The van der Waals surface area contributed by atoms with E-state index < -0.39 is 0 Å². The number of benzene rings is 1. The number of halogens is 1. The molecule has 4 heterocycles. The number of carbonyl (C=O) groups is 1. The Morgan fingerprint density at radius 1 is 1.11 bits per heavy atom. The fourth-order valence-electron chi connectivity index (χ4n) is 4.11. The summed E-state index contributed by atoms with van der Waals surface area (Å²) in [5, 5.41) is 8.75. The van der Waals surface area contributed by atoms with Crippen molar-refractivity contribution in [2.45, 2.75) is 33.4 Å². The Hall–Kier alpha value is -3.26. The van der Waals surface area contributed by atoms with Gasteiger partial charge in [-0.2, -0.15) is 0 Å². The average molecular weight is 533 g/mol. The van der Waals surface area contributed by atoms with Crippen LogP contribution in [-0.4, -0.2) is 20.4 Å². The van der Waals surface area contributed by atoms with Crippen LogP contribution in [-0.2, 0) is 19.5 Å². The van der Waals surface area contributed by atoms with E-state index in [0.717, 1.165) is 50.2 Å². The Labute approximate surface area is 223 Å². The molecule has 4 aromatic heterocycles. The van der Waals surface area contributed by atoms with Gasteiger partial charge in [-0.05, 0) is 60.7 Å². The molecule has 0 aliphatic rings. The van der Waals surface area contributed by atoms with Crippen molar-refractivity contribution < 1.29 is 4.79 Å². The summed E-state index contributed by atoms with van der Waals surface area (Å²) in [4.78, 5) is 23.7. The quantitative estimate of drug-likeness (QED) is 0.229. The van der Waals surface area contributed by atoms with Gasteiger partial charge in [0.1, 0.15) is 5.01 Å². The third-order valence-electron chi connectivity index (χ3n) is 6.04. The molecule has 0 fully saturated rings. The standard InChI is InChI=1S/C28H25ClN4OS2/c1-3-22-13-20(9-10-30-22)28-32-25(17-36-28)26-14-24(27(34)31-15-23-8-5-11-35-23)18(2)33(26)16-19-6-4-7-21(29)12-19/h4-14,17H,3,15-16H2,1-2H3,(H,31,34). The molecule has 1 aromatic carbocycles. The lowest BCUT2D eigenvalue weighted by Gasteiger charge is -2.12. The van der Waals surface area contributed by atoms with Crippen molar-refractivity contribution in [1.82, 2.24) is 19.9 Å². The van der Waals surface area contributed by atoms with Crippen LogP contribution in [0.1, 0.15) is 39.1 Å². The van der Waals surface area contributed by atoms with Crippen LogP contribution in [0.4, 0.5) is 0 Å². The molecule has 0 saturated carbocycles. The van der Waals surface area contributed by atoms with E-state index in [2.05, 4.69) is 33.2 Å². The van der Waals surface area contributed by atoms with E-state index in [9.17, 15) is 4.79 Å². The number of rotatable bonds is 8. The number of carbonyl (C=O) groups excluding carboxylic acids is 1. The third kappa shape index (κ3) is 5.28. The number of hydrogen-bond donors (Lipinski definition) is 1. The maximum Gasteiger partial charge on any atom is 0.253 e. The van der Waals surface area contributed by atoms with Crippen molar-refractivity contribution in [3.63, 3.8) is 0 Å². The van der Waals surface area contributed by atoms with Gasteiger partial charge in [0.2, 0.25) is 0 Å². The molecule has 0 spiro atoms. The molecular weight excluding hydrogens is 508 g/mol. The zero-order valence-electron chi connectivity index (χ0n) is 20.0. The van der Waals surface area contributed by atoms with Gasteiger partial charge in [0, 0.05) is 45.0 Å². The van der Waals surface area contributed by atoms with E-state index >= 15 is 0 Å². The van der Waals surface area contributed by atoms with Crippen molar-refractivity contribution in [3.8, 4) is 22.0 Å². The minimum atomic E-state index is -0.0934. The van der Waals surface area contributed by atoms with Crippen molar-refractivity contribution in [1.29, 1.82) is 0 Å². The third-order valence-corrected chi connectivity index (χ3v) is 8.04. The SMILES string of the molecule is CCc1cc(-c2nc(-c3cc(C(=O)NCc4cccs4)c(C)n3Cc3cccc(Cl)c3)cs2)ccn1. The van der Waals surface area contributed by atoms with Crippen LogP contribution in [0.2, 0.25) is 5.02 Å². The number of nitrogens with zero attached hydrogens (tertiary/aromatic N) is 3. The van der Waals surface area contributed by atoms with E-state index in [1.807, 2.05) is 67.0 Å². The average Bonchev–Trinajstić information content (AvgIpc) is 3.64. The van der Waals surface area contributed by atoms with Crippen LogP contribution >= 0.6 is 34.3 Å². The van der Waals surface area contributed by atoms with E-state index in [0.29, 0.717) is 23.7 Å². The number of pyridine rings is 1. The fraction of sp³-hybridized carbons (Fsp3) is 0.179. The Balaban J connectivity index is 1.51. The first kappa shape index (κ1) is 24.4. The highest BCUT2D eigenvalue weighted by atomic mass is 35.5. The minimum Gasteiger partial charge on any atom is -0.347 e. The molecule has 0 aliphatic carbocycles. The molecule has 36 heavy (non-hydrogen) atoms. The van der Waals surface area contributed by atoms with Gasteiger partial charge in [-0.15, -0.1) is 22.7 Å². The summed E-state index contributed by atoms with van der Waals surface area (Å²) in [6.45, 7) is 5.17. The van der Waals surface area contributed by atoms with Gasteiger partial charge in [-0.25, -0.2) is 4.98 Å². The Morgan fingerprint density at radius 2 is 2.00 bits per heavy atom. The molecule has 0 aliphatic heterocycles. The van der Waals surface area contributed by atoms with Crippen molar-refractivity contribution in [3.05, 3.63) is 104 Å². The normalized spacial score (nSPS) is 11.1. The number of thiazole rings is 1. The highest BCUT2D eigenvalue weighted by Crippen LogP contribution is 2.32. The number of aromatic nitrogens is 3. The first-order valence-corrected chi connectivity index (χ1v) is 13.8. The Kier molecular flexibility index (Phi) is 7.32. The predicted octanol–water partition coefficient (Wildman–Crippen LogP) is 7.24. The number of thiophene rings is 1. The van der Waals surface area contributed by atoms with Crippen LogP contribution < -0.4 is 5.32 Å². The van der Waals surface area contributed by atoms with E-state index in [1.54, 1.807) is 22.7 Å². The Bertz CT molecular complexity index is 1500. The molecular formula is C28H25ClN4OS2. The smallest absolute Gasteiger partial charge is 0.253 e. The maximum absolute atomic E-state index is 13.2. The molecule has 1 amide bonds. The molecule has 5 aromatic rings. The van der Waals surface area contributed by atoms with Crippen LogP contribution in [0.3, 0.4) is 0 Å². The van der Waals surface area contributed by atoms with Gasteiger partial charge < -0.3 is 9.88 Å². The molecule has 0 unspecified atom stereocenters. The number of amides is 1. The van der Waals surface area contributed by atoms with Crippen LogP contribution in [0.25, 0.3) is 22.0 Å². The molecule has 0 bridgehead atoms. The highest BCUT2D eigenvalue weighted by Gasteiger charge is 2.21. The lowest BCUT2D eigenvalue weighted by Crippen LogP contribution is -2.23. The van der Waals surface area contributed by atoms with Gasteiger partial charge in [0.25, 0.3) is 5.91 Å². The molecule has 182 valence electrons. The van der Waals surface area contributed by atoms with Crippen molar-refractivity contribution in [2.75, 3.05) is 0 Å². The number of nitrogens with one attached hydrogen (secondary N) is 1. The van der Waals surface area contributed by atoms with Crippen molar-refractivity contribution in [2.24, 2.45) is 0 Å². The summed E-state index contributed by atoms with van der Waals surface area (Å²) in [5.74, 6) is -0.0934. The maximum atomic E-state index is 13.2. The van der Waals surface area contributed by atoms with Gasteiger partial charge in [0.05, 0.1) is 23.5 Å². The van der Waals surface area contributed by atoms with E-state index in [1.165, 1.54) is 0 Å². The molecule has 8 heteroatoms. The van der Waals surface area contributed by atoms with Gasteiger partial charge >= 0.3 is 0 Å². The summed E-state index contributed by atoms with van der Waals surface area (Å²) in [6, 6.07) is 17.8. The molecule has 0 saturated heterocycles. The summed E-state index contributed by atoms with van der Waals surface area (Å²) >= 11 is 9.49. The molecule has 0 radical (unpaired) electrons. The highest BCUT2D eigenvalue weighted by molar-refractivity contribution is 7.13. The second-order valence-corrected chi connectivity index (χ2v) is 10.8. The monoisotopic (exact) mass is 532 g/mol. The van der Waals surface area contributed by atoms with E-state index in [-0.39, 0.29) is 5.91 Å². The molecule has 0 atom stereocenters. The van der Waals surface area contributed by atoms with Gasteiger partial charge in [-0.3, -0.25) is 9.78 Å². The largest absolute Gasteiger partial charge is 0.347 e. The predicted molar refractivity (Wildman–Crippen MR) is 149 cm³/mol. The molecule has 5 nitrogen and oxygen atoms in total. The van der Waals surface area contributed by atoms with Crippen molar-refractivity contribution >= 4 is 40.2 Å². The van der Waals surface area contributed by atoms with E-state index in [4.69, 9.17) is 16.6 Å². The van der Waals surface area contributed by atoms with Crippen LogP contribution in [0.15, 0.2) is 71.6 Å². The zero-order chi connectivity index (χ0) is 25.1. The zero-order valence-corrected chi connectivity index (χ0v) is 22.4. The molecule has 1 N–H and O–H groups in total. The minimum absolute atomic E-state index is 0.0934. The second kappa shape index (κ2) is 10.8. The topological polar surface area (TPSA) is 59.8 Å². The fourth-order valence-corrected chi connectivity index (χ4v) is 5.78. The summed E-state index contributed by atoms with van der Waals surface area (Å²) in [7, 11) is 0. The summed E-state index contributed by atoms with van der Waals surface area (Å²) < 4.78 is 2.15. The lowest BCUT2D eigenvalue weighted by atomic mass is 10.2. The van der Waals surface area contributed by atoms with Crippen LogP contribution in [0, 0.1) is 6.92 Å². The Morgan fingerprint density at radius 3 is 2.78 bits per heavy atom. The first-order chi connectivity index (χ1) is 17.5. The first-order valence-electron chi connectivity index (χ1n) is 11.7. The van der Waals surface area contributed by atoms with Gasteiger partial charge in [-0.1, -0.05) is 36.7 Å². The second-order valence-electron chi connectivity index (χ2n) is 8.43. The summed E-state index contributed by atoms with van der Waals surface area (Å²) in [5.41, 5.74) is 6.43. The van der Waals surface area contributed by atoms with Crippen LogP contribution in [0.5, 0.6) is 0 Å². The van der Waals surface area contributed by atoms with Gasteiger partial charge in [0.15, 0.2) is 0 Å². The summed E-state index contributed by atoms with van der Waals surface area (Å²) in [6.07, 6.45) is 2.70. The lowest BCUT2D eigenvalue weighted by molar-refractivity contribution is 0.0950. The molecule has 5 rings (SSSR count).